The largest absolute Gasteiger partial charge is 0.496 e. The van der Waals surface area contributed by atoms with Gasteiger partial charge in [-0.3, -0.25) is 4.79 Å². The Balaban J connectivity index is 2.16. The Hall–Kier alpha value is -2.01. The number of nitrogen functional groups attached to an aromatic ring is 1. The monoisotopic (exact) mass is 288 g/mol. The van der Waals surface area contributed by atoms with E-state index < -0.39 is 0 Å². The van der Waals surface area contributed by atoms with Crippen LogP contribution in [0.1, 0.15) is 22.8 Å². The van der Waals surface area contributed by atoms with Crippen LogP contribution in [0.3, 0.4) is 0 Å². The third-order valence-corrected chi connectivity index (χ3v) is 3.81. The molecule has 0 bridgehead atoms. The van der Waals surface area contributed by atoms with Crippen LogP contribution in [0.25, 0.3) is 0 Å². The summed E-state index contributed by atoms with van der Waals surface area (Å²) >= 11 is 1.57. The molecule has 5 heteroatoms. The van der Waals surface area contributed by atoms with Crippen LogP contribution in [0.5, 0.6) is 5.75 Å². The summed E-state index contributed by atoms with van der Waals surface area (Å²) in [6, 6.07) is 9.16. The lowest BCUT2D eigenvalue weighted by Crippen LogP contribution is -1.97. The number of ketones is 1. The third kappa shape index (κ3) is 3.51. The number of methoxy groups -OCH3 is 1. The van der Waals surface area contributed by atoms with E-state index in [4.69, 9.17) is 10.5 Å². The number of aromatic nitrogens is 1. The number of hydrogen-bond donors (Lipinski definition) is 1. The summed E-state index contributed by atoms with van der Waals surface area (Å²) in [6.07, 6.45) is 1.63. The van der Waals surface area contributed by atoms with Gasteiger partial charge in [0.15, 0.2) is 5.78 Å². The minimum atomic E-state index is 0.0458. The Morgan fingerprint density at radius 3 is 2.75 bits per heavy atom. The predicted molar refractivity (Wildman–Crippen MR) is 81.2 cm³/mol. The van der Waals surface area contributed by atoms with Crippen LogP contribution in [-0.4, -0.2) is 17.9 Å². The van der Waals surface area contributed by atoms with E-state index in [-0.39, 0.29) is 5.78 Å². The van der Waals surface area contributed by atoms with Gasteiger partial charge in [0.25, 0.3) is 0 Å². The van der Waals surface area contributed by atoms with Crippen LogP contribution in [0.4, 0.5) is 5.69 Å². The first-order chi connectivity index (χ1) is 9.60. The number of carbonyl (C=O) groups is 1. The maximum absolute atomic E-state index is 11.4. The van der Waals surface area contributed by atoms with E-state index >= 15 is 0 Å². The van der Waals surface area contributed by atoms with Gasteiger partial charge in [0.05, 0.1) is 24.0 Å². The zero-order valence-corrected chi connectivity index (χ0v) is 12.2. The van der Waals surface area contributed by atoms with Gasteiger partial charge in [-0.05, 0) is 37.3 Å². The normalized spacial score (nSPS) is 10.3. The maximum Gasteiger partial charge on any atom is 0.159 e. The number of nitrogens with zero attached hydrogens (tertiary/aromatic N) is 1. The number of thioether (sulfide) groups is 1. The predicted octanol–water partition coefficient (Wildman–Crippen LogP) is 3.17. The minimum absolute atomic E-state index is 0.0458. The molecule has 2 rings (SSSR count). The van der Waals surface area contributed by atoms with Gasteiger partial charge in [0.1, 0.15) is 5.75 Å². The number of nitrogens with two attached hydrogens (primary N) is 1. The summed E-state index contributed by atoms with van der Waals surface area (Å²) < 4.78 is 5.32. The van der Waals surface area contributed by atoms with Crippen LogP contribution < -0.4 is 10.5 Å². The lowest BCUT2D eigenvalue weighted by Gasteiger charge is -2.09. The maximum atomic E-state index is 11.4. The van der Waals surface area contributed by atoms with Gasteiger partial charge in [0, 0.05) is 16.9 Å². The van der Waals surface area contributed by atoms with Crippen LogP contribution in [0.2, 0.25) is 0 Å². The van der Waals surface area contributed by atoms with Crippen molar-refractivity contribution in [1.29, 1.82) is 0 Å². The topological polar surface area (TPSA) is 65.2 Å². The molecule has 0 radical (unpaired) electrons. The molecule has 20 heavy (non-hydrogen) atoms. The van der Waals surface area contributed by atoms with E-state index in [0.717, 1.165) is 16.3 Å². The van der Waals surface area contributed by atoms with Crippen molar-refractivity contribution in [2.75, 3.05) is 12.8 Å². The molecule has 0 unspecified atom stereocenters. The average molecular weight is 288 g/mol. The van der Waals surface area contributed by atoms with Crippen molar-refractivity contribution in [3.8, 4) is 5.75 Å². The van der Waals surface area contributed by atoms with Gasteiger partial charge in [0.2, 0.25) is 0 Å². The Labute approximate surface area is 122 Å². The second-order valence-electron chi connectivity index (χ2n) is 4.30. The van der Waals surface area contributed by atoms with Gasteiger partial charge in [-0.15, -0.1) is 11.8 Å². The molecule has 4 nitrogen and oxygen atoms in total. The van der Waals surface area contributed by atoms with Crippen molar-refractivity contribution in [3.05, 3.63) is 47.7 Å². The number of carbonyl (C=O) groups excluding carboxylic acids is 1. The second-order valence-corrected chi connectivity index (χ2v) is 5.30. The fourth-order valence-corrected chi connectivity index (χ4v) is 2.56. The number of anilines is 1. The smallest absolute Gasteiger partial charge is 0.159 e. The number of pyridine rings is 1. The average Bonchev–Trinajstić information content (AvgIpc) is 2.46. The quantitative estimate of drug-likeness (QED) is 0.676. The first-order valence-corrected chi connectivity index (χ1v) is 7.11. The lowest BCUT2D eigenvalue weighted by molar-refractivity contribution is 0.101. The van der Waals surface area contributed by atoms with Crippen molar-refractivity contribution in [3.63, 3.8) is 0 Å². The molecule has 0 spiro atoms. The number of hydrogen-bond acceptors (Lipinski definition) is 5. The van der Waals surface area contributed by atoms with Crippen molar-refractivity contribution in [2.45, 2.75) is 17.7 Å². The zero-order chi connectivity index (χ0) is 14.5. The SMILES string of the molecule is COc1ccc(C(C)=O)cc1CSc1ccc(N)cn1. The van der Waals surface area contributed by atoms with Crippen molar-refractivity contribution in [1.82, 2.24) is 4.98 Å². The Kier molecular flexibility index (Phi) is 4.63. The molecular weight excluding hydrogens is 272 g/mol. The molecule has 0 atom stereocenters. The van der Waals surface area contributed by atoms with Gasteiger partial charge < -0.3 is 10.5 Å². The molecular formula is C15H16N2O2S. The van der Waals surface area contributed by atoms with Gasteiger partial charge in [-0.25, -0.2) is 4.98 Å². The first-order valence-electron chi connectivity index (χ1n) is 6.12. The summed E-state index contributed by atoms with van der Waals surface area (Å²) in [4.78, 5) is 15.7. The molecule has 1 aromatic heterocycles. The fraction of sp³-hybridized carbons (Fsp3) is 0.200. The Morgan fingerprint density at radius 2 is 2.15 bits per heavy atom. The van der Waals surface area contributed by atoms with E-state index in [1.54, 1.807) is 38.1 Å². The van der Waals surface area contributed by atoms with Gasteiger partial charge >= 0.3 is 0 Å². The van der Waals surface area contributed by atoms with Crippen LogP contribution in [0.15, 0.2) is 41.6 Å². The summed E-state index contributed by atoms with van der Waals surface area (Å²) in [6.45, 7) is 1.56. The molecule has 0 saturated heterocycles. The Bertz CT molecular complexity index is 612. The highest BCUT2D eigenvalue weighted by Gasteiger charge is 2.08. The molecule has 1 aromatic carbocycles. The number of ether oxygens (including phenoxy) is 1. The second kappa shape index (κ2) is 6.43. The van der Waals surface area contributed by atoms with E-state index in [0.29, 0.717) is 17.0 Å². The third-order valence-electron chi connectivity index (χ3n) is 2.82. The number of Topliss-reactive ketones (excluding diaryl/α,β-unsaturated/α-hetero) is 1. The molecule has 0 amide bonds. The summed E-state index contributed by atoms with van der Waals surface area (Å²) in [5, 5.41) is 0.884. The van der Waals surface area contributed by atoms with E-state index in [1.165, 1.54) is 0 Å². The summed E-state index contributed by atoms with van der Waals surface area (Å²) in [5.74, 6) is 1.50. The van der Waals surface area contributed by atoms with Gasteiger partial charge in [-0.1, -0.05) is 0 Å². The summed E-state index contributed by atoms with van der Waals surface area (Å²) in [5.41, 5.74) is 7.91. The van der Waals surface area contributed by atoms with Crippen LogP contribution in [0, 0.1) is 0 Å². The minimum Gasteiger partial charge on any atom is -0.496 e. The standard InChI is InChI=1S/C15H16N2O2S/c1-10(18)11-3-5-14(19-2)12(7-11)9-20-15-6-4-13(16)8-17-15/h3-8H,9,16H2,1-2H3. The van der Waals surface area contributed by atoms with Crippen molar-refractivity contribution in [2.24, 2.45) is 0 Å². The van der Waals surface area contributed by atoms with E-state index in [9.17, 15) is 4.79 Å². The zero-order valence-electron chi connectivity index (χ0n) is 11.4. The molecule has 0 fully saturated rings. The van der Waals surface area contributed by atoms with E-state index in [1.807, 2.05) is 24.3 Å². The molecule has 0 saturated carbocycles. The summed E-state index contributed by atoms with van der Waals surface area (Å²) in [7, 11) is 1.62. The molecule has 104 valence electrons. The molecule has 0 aliphatic rings. The van der Waals surface area contributed by atoms with E-state index in [2.05, 4.69) is 4.98 Å². The molecule has 2 N–H and O–H groups in total. The van der Waals surface area contributed by atoms with Crippen molar-refractivity contribution >= 4 is 23.2 Å². The highest BCUT2D eigenvalue weighted by atomic mass is 32.2. The fourth-order valence-electron chi connectivity index (χ4n) is 1.74. The lowest BCUT2D eigenvalue weighted by atomic mass is 10.1. The molecule has 0 aliphatic carbocycles. The highest BCUT2D eigenvalue weighted by Crippen LogP contribution is 2.28. The molecule has 1 heterocycles. The Morgan fingerprint density at radius 1 is 1.35 bits per heavy atom. The van der Waals surface area contributed by atoms with Crippen LogP contribution >= 0.6 is 11.8 Å². The number of benzene rings is 1. The number of rotatable bonds is 5. The highest BCUT2D eigenvalue weighted by molar-refractivity contribution is 7.98. The first kappa shape index (κ1) is 14.4. The van der Waals surface area contributed by atoms with Crippen molar-refractivity contribution < 1.29 is 9.53 Å². The molecule has 0 aliphatic heterocycles. The van der Waals surface area contributed by atoms with Gasteiger partial charge in [-0.2, -0.15) is 0 Å². The van der Waals surface area contributed by atoms with Crippen LogP contribution in [-0.2, 0) is 5.75 Å². The molecule has 2 aromatic rings.